The second-order valence-corrected chi connectivity index (χ2v) is 6.90. The van der Waals surface area contributed by atoms with Crippen LogP contribution in [0.1, 0.15) is 33.1 Å². The van der Waals surface area contributed by atoms with Gasteiger partial charge in [0.2, 0.25) is 0 Å². The van der Waals surface area contributed by atoms with Crippen molar-refractivity contribution >= 4 is 15.9 Å². The highest BCUT2D eigenvalue weighted by atomic mass is 32.2. The predicted molar refractivity (Wildman–Crippen MR) is 80.2 cm³/mol. The van der Waals surface area contributed by atoms with E-state index >= 15 is 0 Å². The van der Waals surface area contributed by atoms with Gasteiger partial charge in [-0.15, -0.1) is 0 Å². The van der Waals surface area contributed by atoms with Gasteiger partial charge in [-0.2, -0.15) is 12.7 Å². The zero-order valence-corrected chi connectivity index (χ0v) is 12.8. The van der Waals surface area contributed by atoms with Crippen molar-refractivity contribution in [2.45, 2.75) is 39.2 Å². The highest BCUT2D eigenvalue weighted by Crippen LogP contribution is 2.27. The largest absolute Gasteiger partial charge is 0.489 e. The molecule has 1 aromatic carbocycles. The fraction of sp³-hybridized carbons (Fsp3) is 0.571. The van der Waals surface area contributed by atoms with Crippen LogP contribution in [-0.4, -0.2) is 31.9 Å². The molecule has 1 aliphatic heterocycles. The monoisotopic (exact) mass is 298 g/mol. The Balaban J connectivity index is 2.16. The Kier molecular flexibility index (Phi) is 4.88. The Bertz CT molecular complexity index is 537. The van der Waals surface area contributed by atoms with Crippen LogP contribution in [0.25, 0.3) is 0 Å². The van der Waals surface area contributed by atoms with Crippen LogP contribution in [0.5, 0.6) is 5.75 Å². The molecule has 1 N–H and O–H groups in total. The van der Waals surface area contributed by atoms with Gasteiger partial charge in [0, 0.05) is 13.1 Å². The normalized spacial score (nSPS) is 17.1. The molecule has 0 unspecified atom stereocenters. The van der Waals surface area contributed by atoms with Gasteiger partial charge < -0.3 is 4.74 Å². The SMILES string of the molecule is CC(C)Oc1ccccc1NS(=O)(=O)N1CCCCC1. The molecule has 1 fully saturated rings. The third kappa shape index (κ3) is 3.86. The van der Waals surface area contributed by atoms with Gasteiger partial charge in [-0.1, -0.05) is 18.6 Å². The van der Waals surface area contributed by atoms with Crippen molar-refractivity contribution in [2.75, 3.05) is 17.8 Å². The number of hydrogen-bond donors (Lipinski definition) is 1. The molecule has 0 radical (unpaired) electrons. The molecular formula is C14H22N2O3S. The highest BCUT2D eigenvalue weighted by Gasteiger charge is 2.24. The Morgan fingerprint density at radius 2 is 1.80 bits per heavy atom. The number of rotatable bonds is 5. The molecule has 2 rings (SSSR count). The van der Waals surface area contributed by atoms with Crippen molar-refractivity contribution in [2.24, 2.45) is 0 Å². The molecule has 5 nitrogen and oxygen atoms in total. The lowest BCUT2D eigenvalue weighted by Gasteiger charge is -2.26. The molecular weight excluding hydrogens is 276 g/mol. The minimum atomic E-state index is -3.49. The number of piperidine rings is 1. The minimum absolute atomic E-state index is 0.00404. The molecule has 1 aromatic rings. The standard InChI is InChI=1S/C14H22N2O3S/c1-12(2)19-14-9-5-4-8-13(14)15-20(17,18)16-10-6-3-7-11-16/h4-5,8-9,12,15H,3,6-7,10-11H2,1-2H3. The number of nitrogens with zero attached hydrogens (tertiary/aromatic N) is 1. The summed E-state index contributed by atoms with van der Waals surface area (Å²) < 4.78 is 34.5. The fourth-order valence-corrected chi connectivity index (χ4v) is 3.53. The summed E-state index contributed by atoms with van der Waals surface area (Å²) >= 11 is 0. The predicted octanol–water partition coefficient (Wildman–Crippen LogP) is 2.62. The maximum absolute atomic E-state index is 12.4. The number of hydrogen-bond acceptors (Lipinski definition) is 3. The lowest BCUT2D eigenvalue weighted by Crippen LogP contribution is -2.39. The van der Waals surface area contributed by atoms with Crippen LogP contribution in [0.4, 0.5) is 5.69 Å². The number of anilines is 1. The molecule has 0 amide bonds. The smallest absolute Gasteiger partial charge is 0.301 e. The summed E-state index contributed by atoms with van der Waals surface area (Å²) in [6.07, 6.45) is 2.94. The van der Waals surface area contributed by atoms with E-state index in [0.29, 0.717) is 24.5 Å². The Labute approximate surface area is 121 Å². The van der Waals surface area contributed by atoms with Crippen LogP contribution in [-0.2, 0) is 10.2 Å². The number of nitrogens with one attached hydrogen (secondary N) is 1. The number of benzene rings is 1. The van der Waals surface area contributed by atoms with Crippen LogP contribution in [0.2, 0.25) is 0 Å². The third-order valence-corrected chi connectivity index (χ3v) is 4.67. The fourth-order valence-electron chi connectivity index (χ4n) is 2.22. The zero-order chi connectivity index (χ0) is 14.6. The van der Waals surface area contributed by atoms with Crippen molar-refractivity contribution in [3.63, 3.8) is 0 Å². The molecule has 1 aliphatic rings. The first-order valence-corrected chi connectivity index (χ1v) is 8.46. The summed E-state index contributed by atoms with van der Waals surface area (Å²) in [5, 5.41) is 0. The lowest BCUT2D eigenvalue weighted by atomic mass is 10.2. The van der Waals surface area contributed by atoms with E-state index in [1.54, 1.807) is 18.2 Å². The third-order valence-electron chi connectivity index (χ3n) is 3.14. The van der Waals surface area contributed by atoms with E-state index in [9.17, 15) is 8.42 Å². The summed E-state index contributed by atoms with van der Waals surface area (Å²) in [7, 11) is -3.49. The van der Waals surface area contributed by atoms with E-state index in [-0.39, 0.29) is 6.10 Å². The van der Waals surface area contributed by atoms with Crippen LogP contribution in [0, 0.1) is 0 Å². The molecule has 6 heteroatoms. The van der Waals surface area contributed by atoms with Crippen LogP contribution >= 0.6 is 0 Å². The molecule has 0 bridgehead atoms. The van der Waals surface area contributed by atoms with Gasteiger partial charge in [-0.3, -0.25) is 4.72 Å². The summed E-state index contributed by atoms with van der Waals surface area (Å²) in [6.45, 7) is 5.00. The summed E-state index contributed by atoms with van der Waals surface area (Å²) in [4.78, 5) is 0. The second-order valence-electron chi connectivity index (χ2n) is 5.23. The molecule has 20 heavy (non-hydrogen) atoms. The van der Waals surface area contributed by atoms with Gasteiger partial charge >= 0.3 is 10.2 Å². The summed E-state index contributed by atoms with van der Waals surface area (Å²) in [5.41, 5.74) is 0.492. The van der Waals surface area contributed by atoms with E-state index < -0.39 is 10.2 Å². The van der Waals surface area contributed by atoms with Crippen molar-refractivity contribution in [1.82, 2.24) is 4.31 Å². The van der Waals surface area contributed by atoms with Gasteiger partial charge in [0.05, 0.1) is 11.8 Å². The molecule has 0 aliphatic carbocycles. The Hall–Kier alpha value is -1.27. The molecule has 1 heterocycles. The maximum Gasteiger partial charge on any atom is 0.301 e. The van der Waals surface area contributed by atoms with Crippen LogP contribution < -0.4 is 9.46 Å². The summed E-state index contributed by atoms with van der Waals surface area (Å²) in [5.74, 6) is 0.558. The first-order chi connectivity index (χ1) is 9.49. The first kappa shape index (κ1) is 15.1. The van der Waals surface area contributed by atoms with Crippen LogP contribution in [0.3, 0.4) is 0 Å². The van der Waals surface area contributed by atoms with E-state index in [1.807, 2.05) is 19.9 Å². The average molecular weight is 298 g/mol. The lowest BCUT2D eigenvalue weighted by molar-refractivity contribution is 0.244. The number of ether oxygens (including phenoxy) is 1. The van der Waals surface area contributed by atoms with Gasteiger partial charge in [0.1, 0.15) is 5.75 Å². The topological polar surface area (TPSA) is 58.6 Å². The average Bonchev–Trinajstić information content (AvgIpc) is 2.41. The van der Waals surface area contributed by atoms with Crippen LogP contribution in [0.15, 0.2) is 24.3 Å². The van der Waals surface area contributed by atoms with E-state index in [2.05, 4.69) is 4.72 Å². The molecule has 112 valence electrons. The highest BCUT2D eigenvalue weighted by molar-refractivity contribution is 7.90. The van der Waals surface area contributed by atoms with Crippen molar-refractivity contribution in [3.05, 3.63) is 24.3 Å². The summed E-state index contributed by atoms with van der Waals surface area (Å²) in [6, 6.07) is 7.12. The second kappa shape index (κ2) is 6.45. The van der Waals surface area contributed by atoms with Crippen molar-refractivity contribution in [1.29, 1.82) is 0 Å². The van der Waals surface area contributed by atoms with Gasteiger partial charge in [0.25, 0.3) is 0 Å². The Morgan fingerprint density at radius 3 is 2.45 bits per heavy atom. The van der Waals surface area contributed by atoms with Gasteiger partial charge in [-0.25, -0.2) is 0 Å². The maximum atomic E-state index is 12.4. The first-order valence-electron chi connectivity index (χ1n) is 7.02. The van der Waals surface area contributed by atoms with E-state index in [4.69, 9.17) is 4.74 Å². The van der Waals surface area contributed by atoms with Crippen molar-refractivity contribution < 1.29 is 13.2 Å². The van der Waals surface area contributed by atoms with E-state index in [1.165, 1.54) is 4.31 Å². The van der Waals surface area contributed by atoms with Crippen molar-refractivity contribution in [3.8, 4) is 5.75 Å². The van der Waals surface area contributed by atoms with Gasteiger partial charge in [0.15, 0.2) is 0 Å². The minimum Gasteiger partial charge on any atom is -0.489 e. The molecule has 1 saturated heterocycles. The quantitative estimate of drug-likeness (QED) is 0.909. The zero-order valence-electron chi connectivity index (χ0n) is 12.0. The molecule has 0 spiro atoms. The Morgan fingerprint density at radius 1 is 1.15 bits per heavy atom. The molecule has 0 atom stereocenters. The van der Waals surface area contributed by atoms with Gasteiger partial charge in [-0.05, 0) is 38.8 Å². The number of para-hydroxylation sites is 2. The van der Waals surface area contributed by atoms with E-state index in [0.717, 1.165) is 19.3 Å². The molecule has 0 aromatic heterocycles. The molecule has 0 saturated carbocycles.